The molecule has 3 rings (SSSR count). The van der Waals surface area contributed by atoms with E-state index in [2.05, 4.69) is 15.6 Å². The normalized spacial score (nSPS) is 10.2. The van der Waals surface area contributed by atoms with E-state index in [-0.39, 0.29) is 5.91 Å². The molecule has 0 saturated carbocycles. The highest BCUT2D eigenvalue weighted by atomic mass is 16.5. The maximum Gasteiger partial charge on any atom is 0.256 e. The smallest absolute Gasteiger partial charge is 0.256 e. The van der Waals surface area contributed by atoms with Crippen molar-refractivity contribution < 1.29 is 19.0 Å². The van der Waals surface area contributed by atoms with E-state index >= 15 is 0 Å². The summed E-state index contributed by atoms with van der Waals surface area (Å²) in [6, 6.07) is 14.5. The van der Waals surface area contributed by atoms with E-state index in [1.165, 1.54) is 0 Å². The SMILES string of the molecule is COc1cc(Nc2ccc(NC(=O)c3cccc(C)c3)nc2)cc(OC)c1OC. The Balaban J connectivity index is 1.73. The molecule has 2 N–H and O–H groups in total. The number of pyridine rings is 1. The molecule has 0 aliphatic heterocycles. The average molecular weight is 393 g/mol. The van der Waals surface area contributed by atoms with Crippen LogP contribution in [0.5, 0.6) is 17.2 Å². The third kappa shape index (κ3) is 4.76. The van der Waals surface area contributed by atoms with Crippen LogP contribution in [0.25, 0.3) is 0 Å². The third-order valence-electron chi connectivity index (χ3n) is 4.24. The predicted molar refractivity (Wildman–Crippen MR) is 113 cm³/mol. The summed E-state index contributed by atoms with van der Waals surface area (Å²) >= 11 is 0. The van der Waals surface area contributed by atoms with Crippen LogP contribution >= 0.6 is 0 Å². The first-order chi connectivity index (χ1) is 14.0. The lowest BCUT2D eigenvalue weighted by molar-refractivity contribution is 0.102. The monoisotopic (exact) mass is 393 g/mol. The lowest BCUT2D eigenvalue weighted by atomic mass is 10.1. The Morgan fingerprint density at radius 1 is 0.897 bits per heavy atom. The van der Waals surface area contributed by atoms with Crippen LogP contribution < -0.4 is 24.8 Å². The molecule has 1 amide bonds. The molecule has 0 radical (unpaired) electrons. The number of nitrogens with zero attached hydrogens (tertiary/aromatic N) is 1. The summed E-state index contributed by atoms with van der Waals surface area (Å²) < 4.78 is 16.1. The topological polar surface area (TPSA) is 81.7 Å². The summed E-state index contributed by atoms with van der Waals surface area (Å²) in [4.78, 5) is 16.6. The summed E-state index contributed by atoms with van der Waals surface area (Å²) in [5, 5.41) is 6.03. The molecule has 7 nitrogen and oxygen atoms in total. The van der Waals surface area contributed by atoms with E-state index in [0.29, 0.717) is 28.6 Å². The lowest BCUT2D eigenvalue weighted by Crippen LogP contribution is -2.13. The molecule has 0 bridgehead atoms. The van der Waals surface area contributed by atoms with Crippen molar-refractivity contribution in [2.75, 3.05) is 32.0 Å². The molecule has 150 valence electrons. The van der Waals surface area contributed by atoms with Gasteiger partial charge in [-0.1, -0.05) is 17.7 Å². The minimum absolute atomic E-state index is 0.202. The van der Waals surface area contributed by atoms with E-state index in [1.54, 1.807) is 51.8 Å². The highest BCUT2D eigenvalue weighted by molar-refractivity contribution is 6.03. The second-order valence-electron chi connectivity index (χ2n) is 6.29. The summed E-state index contributed by atoms with van der Waals surface area (Å²) in [6.45, 7) is 1.94. The van der Waals surface area contributed by atoms with Gasteiger partial charge in [0.15, 0.2) is 11.5 Å². The van der Waals surface area contributed by atoms with Crippen LogP contribution in [0, 0.1) is 6.92 Å². The number of ether oxygens (including phenoxy) is 3. The number of methoxy groups -OCH3 is 3. The number of carbonyl (C=O) groups is 1. The molecule has 2 aromatic carbocycles. The van der Waals surface area contributed by atoms with Crippen LogP contribution in [0.2, 0.25) is 0 Å². The number of anilines is 3. The van der Waals surface area contributed by atoms with Crippen molar-refractivity contribution in [1.82, 2.24) is 4.98 Å². The number of rotatable bonds is 7. The fourth-order valence-corrected chi connectivity index (χ4v) is 2.84. The molecular weight excluding hydrogens is 370 g/mol. The Kier molecular flexibility index (Phi) is 6.19. The number of hydrogen-bond acceptors (Lipinski definition) is 6. The summed E-state index contributed by atoms with van der Waals surface area (Å²) in [5.74, 6) is 1.88. The van der Waals surface area contributed by atoms with Crippen LogP contribution in [0.3, 0.4) is 0 Å². The molecule has 0 saturated heterocycles. The molecule has 0 aliphatic carbocycles. The first-order valence-corrected chi connectivity index (χ1v) is 8.95. The largest absolute Gasteiger partial charge is 0.493 e. The first kappa shape index (κ1) is 20.0. The van der Waals surface area contributed by atoms with Gasteiger partial charge in [-0.25, -0.2) is 4.98 Å². The fraction of sp³-hybridized carbons (Fsp3) is 0.182. The first-order valence-electron chi connectivity index (χ1n) is 8.95. The standard InChI is InChI=1S/C22H23N3O4/c1-14-6-5-7-15(10-14)22(26)25-20-9-8-16(13-23-20)24-17-11-18(27-2)21(29-4)19(12-17)28-3/h5-13,24H,1-4H3,(H,23,25,26). The number of aromatic nitrogens is 1. The van der Waals surface area contributed by atoms with Crippen molar-refractivity contribution >= 4 is 23.1 Å². The van der Waals surface area contributed by atoms with Crippen LogP contribution in [-0.2, 0) is 0 Å². The van der Waals surface area contributed by atoms with Gasteiger partial charge in [-0.3, -0.25) is 4.79 Å². The van der Waals surface area contributed by atoms with Crippen molar-refractivity contribution in [3.05, 3.63) is 65.9 Å². The Labute approximate surface area is 169 Å². The summed E-state index contributed by atoms with van der Waals surface area (Å²) in [5.41, 5.74) is 3.10. The molecule has 0 atom stereocenters. The van der Waals surface area contributed by atoms with Crippen molar-refractivity contribution in [3.63, 3.8) is 0 Å². The van der Waals surface area contributed by atoms with Crippen LogP contribution in [0.15, 0.2) is 54.7 Å². The Morgan fingerprint density at radius 3 is 2.17 bits per heavy atom. The van der Waals surface area contributed by atoms with Gasteiger partial charge in [0.1, 0.15) is 5.82 Å². The molecule has 1 aromatic heterocycles. The van der Waals surface area contributed by atoms with E-state index in [1.807, 2.05) is 31.2 Å². The van der Waals surface area contributed by atoms with E-state index < -0.39 is 0 Å². The second kappa shape index (κ2) is 8.97. The lowest BCUT2D eigenvalue weighted by Gasteiger charge is -2.15. The fourth-order valence-electron chi connectivity index (χ4n) is 2.84. The Morgan fingerprint density at radius 2 is 1.62 bits per heavy atom. The van der Waals surface area contributed by atoms with E-state index in [4.69, 9.17) is 14.2 Å². The molecule has 0 spiro atoms. The zero-order chi connectivity index (χ0) is 20.8. The van der Waals surface area contributed by atoms with Gasteiger partial charge in [-0.05, 0) is 31.2 Å². The minimum Gasteiger partial charge on any atom is -0.493 e. The maximum atomic E-state index is 12.3. The van der Waals surface area contributed by atoms with Crippen LogP contribution in [0.1, 0.15) is 15.9 Å². The van der Waals surface area contributed by atoms with Crippen molar-refractivity contribution in [1.29, 1.82) is 0 Å². The predicted octanol–water partition coefficient (Wildman–Crippen LogP) is 4.41. The van der Waals surface area contributed by atoms with Gasteiger partial charge in [-0.2, -0.15) is 0 Å². The molecule has 0 unspecified atom stereocenters. The van der Waals surface area contributed by atoms with Crippen LogP contribution in [-0.4, -0.2) is 32.2 Å². The van der Waals surface area contributed by atoms with Gasteiger partial charge in [-0.15, -0.1) is 0 Å². The molecule has 1 heterocycles. The number of benzene rings is 2. The van der Waals surface area contributed by atoms with Gasteiger partial charge in [0, 0.05) is 23.4 Å². The van der Waals surface area contributed by atoms with Crippen molar-refractivity contribution in [2.45, 2.75) is 6.92 Å². The molecule has 29 heavy (non-hydrogen) atoms. The van der Waals surface area contributed by atoms with Gasteiger partial charge in [0.25, 0.3) is 5.91 Å². The zero-order valence-electron chi connectivity index (χ0n) is 16.8. The highest BCUT2D eigenvalue weighted by Crippen LogP contribution is 2.40. The highest BCUT2D eigenvalue weighted by Gasteiger charge is 2.13. The van der Waals surface area contributed by atoms with E-state index in [0.717, 1.165) is 16.9 Å². The zero-order valence-corrected chi connectivity index (χ0v) is 16.8. The molecule has 3 aromatic rings. The Hall–Kier alpha value is -3.74. The van der Waals surface area contributed by atoms with Crippen molar-refractivity contribution in [3.8, 4) is 17.2 Å². The summed E-state index contributed by atoms with van der Waals surface area (Å²) in [6.07, 6.45) is 1.63. The average Bonchev–Trinajstić information content (AvgIpc) is 2.74. The van der Waals surface area contributed by atoms with Gasteiger partial charge < -0.3 is 24.8 Å². The number of hydrogen-bond donors (Lipinski definition) is 2. The molecule has 0 aliphatic rings. The van der Waals surface area contributed by atoms with Crippen molar-refractivity contribution in [2.24, 2.45) is 0 Å². The molecule has 0 fully saturated rings. The van der Waals surface area contributed by atoms with Gasteiger partial charge >= 0.3 is 0 Å². The van der Waals surface area contributed by atoms with Gasteiger partial charge in [0.05, 0.1) is 33.2 Å². The van der Waals surface area contributed by atoms with Gasteiger partial charge in [0.2, 0.25) is 5.75 Å². The quantitative estimate of drug-likeness (QED) is 0.619. The number of amides is 1. The molecule has 7 heteroatoms. The third-order valence-corrected chi connectivity index (χ3v) is 4.24. The number of carbonyl (C=O) groups excluding carboxylic acids is 1. The van der Waals surface area contributed by atoms with Crippen LogP contribution in [0.4, 0.5) is 17.2 Å². The second-order valence-corrected chi connectivity index (χ2v) is 6.29. The maximum absolute atomic E-state index is 12.3. The number of aryl methyl sites for hydroxylation is 1. The molecular formula is C22H23N3O4. The number of nitrogens with one attached hydrogen (secondary N) is 2. The Bertz CT molecular complexity index is 978. The summed E-state index contributed by atoms with van der Waals surface area (Å²) in [7, 11) is 4.68. The minimum atomic E-state index is -0.202. The van der Waals surface area contributed by atoms with E-state index in [9.17, 15) is 4.79 Å².